The monoisotopic (exact) mass is 243 g/mol. The quantitative estimate of drug-likeness (QED) is 0.782. The largest absolute Gasteiger partial charge is 0.480 e. The van der Waals surface area contributed by atoms with E-state index in [4.69, 9.17) is 9.84 Å². The van der Waals surface area contributed by atoms with Crippen LogP contribution >= 0.6 is 0 Å². The zero-order chi connectivity index (χ0) is 12.8. The predicted molar refractivity (Wildman–Crippen MR) is 58.5 cm³/mol. The molecule has 1 heterocycles. The molecule has 0 spiro atoms. The Kier molecular flexibility index (Phi) is 4.77. The number of ether oxygens (including phenoxy) is 1. The molecule has 0 aliphatic carbocycles. The number of rotatable bonds is 6. The van der Waals surface area contributed by atoms with Gasteiger partial charge in [-0.05, 0) is 6.92 Å². The van der Waals surface area contributed by atoms with Crippen LogP contribution in [0.3, 0.4) is 0 Å². The molecule has 0 aliphatic rings. The fourth-order valence-corrected chi connectivity index (χ4v) is 1.29. The van der Waals surface area contributed by atoms with E-state index >= 15 is 0 Å². The maximum absolute atomic E-state index is 13.7. The molecule has 1 aromatic heterocycles. The Morgan fingerprint density at radius 3 is 2.88 bits per heavy atom. The molecule has 0 unspecified atom stereocenters. The van der Waals surface area contributed by atoms with Gasteiger partial charge in [0.2, 0.25) is 0 Å². The second-order valence-electron chi connectivity index (χ2n) is 3.40. The van der Waals surface area contributed by atoms with Crippen LogP contribution in [0.1, 0.15) is 5.69 Å². The standard InChI is InChI=1S/C10H14FN3O3/c1-7-9(11)10(13-6-12-7)14(3-4-17-2)5-8(15)16/h6H,3-5H2,1-2H3,(H,15,16). The van der Waals surface area contributed by atoms with Crippen LogP contribution in [0.15, 0.2) is 6.33 Å². The number of anilines is 1. The third-order valence-electron chi connectivity index (χ3n) is 2.14. The van der Waals surface area contributed by atoms with E-state index in [2.05, 4.69) is 9.97 Å². The third kappa shape index (κ3) is 3.63. The van der Waals surface area contributed by atoms with Crippen LogP contribution in [0, 0.1) is 12.7 Å². The summed E-state index contributed by atoms with van der Waals surface area (Å²) in [4.78, 5) is 19.5. The number of aliphatic carboxylic acids is 1. The van der Waals surface area contributed by atoms with Gasteiger partial charge in [0.15, 0.2) is 11.6 Å². The number of hydrogen-bond acceptors (Lipinski definition) is 5. The van der Waals surface area contributed by atoms with Crippen molar-refractivity contribution in [3.8, 4) is 0 Å². The molecule has 1 aromatic rings. The topological polar surface area (TPSA) is 75.5 Å². The Morgan fingerprint density at radius 2 is 2.29 bits per heavy atom. The Balaban J connectivity index is 2.94. The first-order valence-electron chi connectivity index (χ1n) is 4.99. The molecular weight excluding hydrogens is 229 g/mol. The van der Waals surface area contributed by atoms with E-state index in [-0.39, 0.29) is 31.2 Å². The van der Waals surface area contributed by atoms with E-state index in [0.717, 1.165) is 0 Å². The molecule has 17 heavy (non-hydrogen) atoms. The number of carbonyl (C=O) groups is 1. The van der Waals surface area contributed by atoms with E-state index in [0.29, 0.717) is 0 Å². The maximum Gasteiger partial charge on any atom is 0.323 e. The SMILES string of the molecule is COCCN(CC(=O)O)c1ncnc(C)c1F. The van der Waals surface area contributed by atoms with E-state index < -0.39 is 11.8 Å². The molecule has 94 valence electrons. The fraction of sp³-hybridized carbons (Fsp3) is 0.500. The fourth-order valence-electron chi connectivity index (χ4n) is 1.29. The van der Waals surface area contributed by atoms with Gasteiger partial charge < -0.3 is 14.7 Å². The first-order valence-corrected chi connectivity index (χ1v) is 4.99. The number of nitrogens with zero attached hydrogens (tertiary/aromatic N) is 3. The normalized spacial score (nSPS) is 10.3. The summed E-state index contributed by atoms with van der Waals surface area (Å²) >= 11 is 0. The van der Waals surface area contributed by atoms with Crippen molar-refractivity contribution in [2.75, 3.05) is 31.7 Å². The van der Waals surface area contributed by atoms with Gasteiger partial charge in [0.25, 0.3) is 0 Å². The van der Waals surface area contributed by atoms with Gasteiger partial charge in [-0.25, -0.2) is 14.4 Å². The highest BCUT2D eigenvalue weighted by Gasteiger charge is 2.17. The van der Waals surface area contributed by atoms with Crippen molar-refractivity contribution in [1.29, 1.82) is 0 Å². The Bertz CT molecular complexity index is 400. The van der Waals surface area contributed by atoms with Crippen molar-refractivity contribution in [1.82, 2.24) is 9.97 Å². The molecule has 1 rings (SSSR count). The third-order valence-corrected chi connectivity index (χ3v) is 2.14. The van der Waals surface area contributed by atoms with Gasteiger partial charge in [0, 0.05) is 13.7 Å². The maximum atomic E-state index is 13.7. The average molecular weight is 243 g/mol. The number of carboxylic acids is 1. The van der Waals surface area contributed by atoms with Crippen LogP contribution in [0.5, 0.6) is 0 Å². The molecule has 7 heteroatoms. The van der Waals surface area contributed by atoms with E-state index in [1.54, 1.807) is 0 Å². The zero-order valence-corrected chi connectivity index (χ0v) is 9.68. The summed E-state index contributed by atoms with van der Waals surface area (Å²) in [5.74, 6) is -1.68. The zero-order valence-electron chi connectivity index (χ0n) is 9.68. The van der Waals surface area contributed by atoms with Crippen LogP contribution in [0.4, 0.5) is 10.2 Å². The summed E-state index contributed by atoms with van der Waals surface area (Å²) in [5, 5.41) is 8.76. The minimum Gasteiger partial charge on any atom is -0.480 e. The molecule has 0 amide bonds. The van der Waals surface area contributed by atoms with Crippen molar-refractivity contribution < 1.29 is 19.0 Å². The van der Waals surface area contributed by atoms with Gasteiger partial charge in [-0.1, -0.05) is 0 Å². The Labute approximate surface area is 98.1 Å². The first kappa shape index (κ1) is 13.3. The van der Waals surface area contributed by atoms with E-state index in [1.165, 1.54) is 25.3 Å². The molecule has 0 aliphatic heterocycles. The summed E-state index contributed by atoms with van der Waals surface area (Å²) in [7, 11) is 1.49. The molecule has 0 saturated heterocycles. The second kappa shape index (κ2) is 6.09. The molecule has 1 N–H and O–H groups in total. The Hall–Kier alpha value is -1.76. The van der Waals surface area contributed by atoms with Crippen LogP contribution < -0.4 is 4.90 Å². The minimum absolute atomic E-state index is 0.0167. The van der Waals surface area contributed by atoms with Crippen LogP contribution in [0.2, 0.25) is 0 Å². The number of methoxy groups -OCH3 is 1. The molecule has 0 radical (unpaired) electrons. The number of halogens is 1. The molecule has 0 atom stereocenters. The van der Waals surface area contributed by atoms with Crippen LogP contribution in [0.25, 0.3) is 0 Å². The lowest BCUT2D eigenvalue weighted by molar-refractivity contribution is -0.135. The van der Waals surface area contributed by atoms with Gasteiger partial charge in [0.05, 0.1) is 12.3 Å². The summed E-state index contributed by atoms with van der Waals surface area (Å²) < 4.78 is 18.6. The molecule has 0 saturated carbocycles. The van der Waals surface area contributed by atoms with E-state index in [1.807, 2.05) is 0 Å². The van der Waals surface area contributed by atoms with Gasteiger partial charge in [-0.2, -0.15) is 0 Å². The number of aromatic nitrogens is 2. The molecule has 6 nitrogen and oxygen atoms in total. The second-order valence-corrected chi connectivity index (χ2v) is 3.40. The van der Waals surface area contributed by atoms with Crippen LogP contribution in [-0.4, -0.2) is 47.8 Å². The predicted octanol–water partition coefficient (Wildman–Crippen LogP) is 0.462. The lowest BCUT2D eigenvalue weighted by atomic mass is 10.3. The van der Waals surface area contributed by atoms with Gasteiger partial charge in [0.1, 0.15) is 12.9 Å². The molecule has 0 bridgehead atoms. The highest BCUT2D eigenvalue weighted by Crippen LogP contribution is 2.16. The molecule has 0 aromatic carbocycles. The van der Waals surface area contributed by atoms with Crippen molar-refractivity contribution in [3.05, 3.63) is 17.8 Å². The van der Waals surface area contributed by atoms with Crippen LogP contribution in [-0.2, 0) is 9.53 Å². The number of aryl methyl sites for hydroxylation is 1. The Morgan fingerprint density at radius 1 is 1.59 bits per heavy atom. The lowest BCUT2D eigenvalue weighted by Gasteiger charge is -2.21. The minimum atomic E-state index is -1.06. The number of hydrogen-bond donors (Lipinski definition) is 1. The summed E-state index contributed by atoms with van der Waals surface area (Å²) in [6, 6.07) is 0. The number of carboxylic acid groups (broad SMARTS) is 1. The van der Waals surface area contributed by atoms with Gasteiger partial charge in [-0.3, -0.25) is 4.79 Å². The van der Waals surface area contributed by atoms with Crippen molar-refractivity contribution in [3.63, 3.8) is 0 Å². The van der Waals surface area contributed by atoms with Gasteiger partial charge >= 0.3 is 5.97 Å². The molecular formula is C10H14FN3O3. The van der Waals surface area contributed by atoms with Gasteiger partial charge in [-0.15, -0.1) is 0 Å². The lowest BCUT2D eigenvalue weighted by Crippen LogP contribution is -2.34. The summed E-state index contributed by atoms with van der Waals surface area (Å²) in [5.41, 5.74) is 0.183. The molecule has 0 fully saturated rings. The summed E-state index contributed by atoms with van der Waals surface area (Å²) in [6.07, 6.45) is 1.20. The highest BCUT2D eigenvalue weighted by atomic mass is 19.1. The van der Waals surface area contributed by atoms with Crippen molar-refractivity contribution >= 4 is 11.8 Å². The van der Waals surface area contributed by atoms with E-state index in [9.17, 15) is 9.18 Å². The average Bonchev–Trinajstić information content (AvgIpc) is 2.28. The first-order chi connectivity index (χ1) is 8.06. The summed E-state index contributed by atoms with van der Waals surface area (Å²) in [6.45, 7) is 1.69. The smallest absolute Gasteiger partial charge is 0.323 e. The highest BCUT2D eigenvalue weighted by molar-refractivity contribution is 5.73. The van der Waals surface area contributed by atoms with Crippen molar-refractivity contribution in [2.45, 2.75) is 6.92 Å². The van der Waals surface area contributed by atoms with Crippen molar-refractivity contribution in [2.24, 2.45) is 0 Å².